The first kappa shape index (κ1) is 13.5. The third-order valence-corrected chi connectivity index (χ3v) is 2.52. The lowest BCUT2D eigenvalue weighted by atomic mass is 10.1. The number of carbonyl (C=O) groups excluding carboxylic acids is 1. The van der Waals surface area contributed by atoms with E-state index in [1.807, 2.05) is 29.6 Å². The molecule has 0 saturated carbocycles. The molecular weight excluding hydrogens is 288 g/mol. The van der Waals surface area contributed by atoms with Crippen molar-refractivity contribution >= 4 is 27.9 Å². The molecule has 1 rings (SSSR count). The molecule has 0 atom stereocenters. The number of amides is 2. The van der Waals surface area contributed by atoms with Crippen LogP contribution in [-0.4, -0.2) is 30.2 Å². The van der Waals surface area contributed by atoms with Crippen molar-refractivity contribution in [3.05, 3.63) is 34.3 Å². The van der Waals surface area contributed by atoms with Gasteiger partial charge in [0.2, 0.25) is 5.91 Å². The molecule has 0 spiro atoms. The van der Waals surface area contributed by atoms with E-state index in [9.17, 15) is 9.59 Å². The van der Waals surface area contributed by atoms with Crippen molar-refractivity contribution in [2.45, 2.75) is 6.42 Å². The SMILES string of the molecule is O=C(O)NCC(=O)NCCc1cccc(Br)c1. The maximum atomic E-state index is 11.2. The molecule has 0 unspecified atom stereocenters. The van der Waals surface area contributed by atoms with E-state index in [1.54, 1.807) is 0 Å². The van der Waals surface area contributed by atoms with Crippen LogP contribution in [0.3, 0.4) is 0 Å². The summed E-state index contributed by atoms with van der Waals surface area (Å²) in [6.07, 6.45) is -0.495. The van der Waals surface area contributed by atoms with Gasteiger partial charge in [0.15, 0.2) is 0 Å². The van der Waals surface area contributed by atoms with Gasteiger partial charge < -0.3 is 15.7 Å². The highest BCUT2D eigenvalue weighted by Crippen LogP contribution is 2.11. The monoisotopic (exact) mass is 300 g/mol. The molecule has 2 amide bonds. The molecule has 1 aromatic carbocycles. The lowest BCUT2D eigenvalue weighted by molar-refractivity contribution is -0.120. The minimum atomic E-state index is -1.20. The first-order valence-corrected chi connectivity index (χ1v) is 5.85. The van der Waals surface area contributed by atoms with Crippen LogP contribution in [0.4, 0.5) is 4.79 Å². The second-order valence-electron chi connectivity index (χ2n) is 3.39. The standard InChI is InChI=1S/C11H13BrN2O3/c12-9-3-1-2-8(6-9)4-5-13-10(15)7-14-11(16)17/h1-3,6,14H,4-5,7H2,(H,13,15)(H,16,17). The van der Waals surface area contributed by atoms with Crippen molar-refractivity contribution < 1.29 is 14.7 Å². The first-order valence-electron chi connectivity index (χ1n) is 5.06. The minimum absolute atomic E-state index is 0.214. The predicted octanol–water partition coefficient (Wildman–Crippen LogP) is 1.38. The molecular formula is C11H13BrN2O3. The van der Waals surface area contributed by atoms with Crippen LogP contribution in [0.25, 0.3) is 0 Å². The first-order chi connectivity index (χ1) is 8.08. The third kappa shape index (κ3) is 5.91. The summed E-state index contributed by atoms with van der Waals surface area (Å²) < 4.78 is 0.994. The molecule has 3 N–H and O–H groups in total. The Labute approximate surface area is 107 Å². The second kappa shape index (κ2) is 6.90. The number of halogens is 1. The molecule has 0 aliphatic carbocycles. The summed E-state index contributed by atoms with van der Waals surface area (Å²) in [6, 6.07) is 7.79. The maximum Gasteiger partial charge on any atom is 0.405 e. The fourth-order valence-electron chi connectivity index (χ4n) is 1.26. The number of carboxylic acid groups (broad SMARTS) is 1. The average molecular weight is 301 g/mol. The Morgan fingerprint density at radius 3 is 2.71 bits per heavy atom. The van der Waals surface area contributed by atoms with E-state index in [1.165, 1.54) is 0 Å². The summed E-state index contributed by atoms with van der Waals surface area (Å²) in [5.74, 6) is -0.331. The lowest BCUT2D eigenvalue weighted by Crippen LogP contribution is -2.37. The average Bonchev–Trinajstić information content (AvgIpc) is 2.26. The summed E-state index contributed by atoms with van der Waals surface area (Å²) in [6.45, 7) is 0.268. The Morgan fingerprint density at radius 1 is 1.29 bits per heavy atom. The zero-order valence-corrected chi connectivity index (χ0v) is 10.7. The van der Waals surface area contributed by atoms with Crippen LogP contribution in [0, 0.1) is 0 Å². The molecule has 0 saturated heterocycles. The zero-order chi connectivity index (χ0) is 12.7. The number of rotatable bonds is 5. The summed E-state index contributed by atoms with van der Waals surface area (Å²) in [5, 5.41) is 12.9. The molecule has 92 valence electrons. The summed E-state index contributed by atoms with van der Waals surface area (Å²) in [5.41, 5.74) is 1.10. The minimum Gasteiger partial charge on any atom is -0.465 e. The van der Waals surface area contributed by atoms with E-state index in [0.717, 1.165) is 10.0 Å². The van der Waals surface area contributed by atoms with Crippen molar-refractivity contribution in [1.82, 2.24) is 10.6 Å². The van der Waals surface area contributed by atoms with Gasteiger partial charge in [0.25, 0.3) is 0 Å². The summed E-state index contributed by atoms with van der Waals surface area (Å²) in [4.78, 5) is 21.3. The van der Waals surface area contributed by atoms with Gasteiger partial charge >= 0.3 is 6.09 Å². The van der Waals surface area contributed by atoms with Gasteiger partial charge in [-0.05, 0) is 24.1 Å². The Hall–Kier alpha value is -1.56. The summed E-state index contributed by atoms with van der Waals surface area (Å²) in [7, 11) is 0. The maximum absolute atomic E-state index is 11.2. The van der Waals surface area contributed by atoms with Crippen molar-refractivity contribution in [3.8, 4) is 0 Å². The molecule has 6 heteroatoms. The molecule has 1 aromatic rings. The highest BCUT2D eigenvalue weighted by molar-refractivity contribution is 9.10. The molecule has 0 aliphatic heterocycles. The van der Waals surface area contributed by atoms with E-state index in [4.69, 9.17) is 5.11 Å². The number of carbonyl (C=O) groups is 2. The Morgan fingerprint density at radius 2 is 2.06 bits per heavy atom. The number of nitrogens with one attached hydrogen (secondary N) is 2. The topological polar surface area (TPSA) is 78.4 Å². The van der Waals surface area contributed by atoms with Crippen LogP contribution in [0.5, 0.6) is 0 Å². The molecule has 0 aliphatic rings. The van der Waals surface area contributed by atoms with Gasteiger partial charge in [0, 0.05) is 11.0 Å². The Kier molecular flexibility index (Phi) is 5.48. The molecule has 0 bridgehead atoms. The van der Waals surface area contributed by atoms with Gasteiger partial charge in [-0.1, -0.05) is 28.1 Å². The van der Waals surface area contributed by atoms with Gasteiger partial charge in [0.1, 0.15) is 0 Å². The Balaban J connectivity index is 2.23. The third-order valence-electron chi connectivity index (χ3n) is 2.03. The van der Waals surface area contributed by atoms with Gasteiger partial charge in [0.05, 0.1) is 6.54 Å². The molecule has 0 fully saturated rings. The van der Waals surface area contributed by atoms with E-state index in [0.29, 0.717) is 13.0 Å². The fourth-order valence-corrected chi connectivity index (χ4v) is 1.70. The van der Waals surface area contributed by atoms with Crippen LogP contribution in [0.2, 0.25) is 0 Å². The highest BCUT2D eigenvalue weighted by Gasteiger charge is 2.02. The van der Waals surface area contributed by atoms with Crippen molar-refractivity contribution in [2.24, 2.45) is 0 Å². The van der Waals surface area contributed by atoms with Gasteiger partial charge in [-0.2, -0.15) is 0 Å². The van der Waals surface area contributed by atoms with Crippen LogP contribution >= 0.6 is 15.9 Å². The smallest absolute Gasteiger partial charge is 0.405 e. The van der Waals surface area contributed by atoms with Crippen LogP contribution in [0.15, 0.2) is 28.7 Å². The number of hydrogen-bond donors (Lipinski definition) is 3. The van der Waals surface area contributed by atoms with Crippen LogP contribution < -0.4 is 10.6 Å². The normalized spacial score (nSPS) is 9.71. The zero-order valence-electron chi connectivity index (χ0n) is 9.07. The summed E-state index contributed by atoms with van der Waals surface area (Å²) >= 11 is 3.36. The molecule has 0 aromatic heterocycles. The molecule has 17 heavy (non-hydrogen) atoms. The predicted molar refractivity (Wildman–Crippen MR) is 66.9 cm³/mol. The highest BCUT2D eigenvalue weighted by atomic mass is 79.9. The molecule has 0 radical (unpaired) electrons. The van der Waals surface area contributed by atoms with E-state index in [2.05, 4.69) is 21.2 Å². The number of hydrogen-bond acceptors (Lipinski definition) is 2. The molecule has 0 heterocycles. The largest absolute Gasteiger partial charge is 0.465 e. The fraction of sp³-hybridized carbons (Fsp3) is 0.273. The van der Waals surface area contributed by atoms with Crippen molar-refractivity contribution in [3.63, 3.8) is 0 Å². The van der Waals surface area contributed by atoms with Crippen LogP contribution in [-0.2, 0) is 11.2 Å². The van der Waals surface area contributed by atoms with E-state index >= 15 is 0 Å². The number of benzene rings is 1. The Bertz CT molecular complexity index is 409. The lowest BCUT2D eigenvalue weighted by Gasteiger charge is -2.05. The quantitative estimate of drug-likeness (QED) is 0.768. The molecule has 5 nitrogen and oxygen atoms in total. The van der Waals surface area contributed by atoms with Gasteiger partial charge in [-0.15, -0.1) is 0 Å². The van der Waals surface area contributed by atoms with Crippen LogP contribution in [0.1, 0.15) is 5.56 Å². The van der Waals surface area contributed by atoms with E-state index in [-0.39, 0.29) is 12.5 Å². The van der Waals surface area contributed by atoms with E-state index < -0.39 is 6.09 Å². The van der Waals surface area contributed by atoms with Crippen molar-refractivity contribution in [1.29, 1.82) is 0 Å². The van der Waals surface area contributed by atoms with Crippen molar-refractivity contribution in [2.75, 3.05) is 13.1 Å². The van der Waals surface area contributed by atoms with Gasteiger partial charge in [-0.25, -0.2) is 4.79 Å². The second-order valence-corrected chi connectivity index (χ2v) is 4.30. The van der Waals surface area contributed by atoms with Gasteiger partial charge in [-0.3, -0.25) is 4.79 Å².